The van der Waals surface area contributed by atoms with Gasteiger partial charge < -0.3 is 15.4 Å². The van der Waals surface area contributed by atoms with Gasteiger partial charge in [-0.3, -0.25) is 0 Å². The van der Waals surface area contributed by atoms with Crippen LogP contribution in [0.15, 0.2) is 18.5 Å². The van der Waals surface area contributed by atoms with Crippen LogP contribution in [0.1, 0.15) is 25.5 Å². The summed E-state index contributed by atoms with van der Waals surface area (Å²) in [7, 11) is 0. The van der Waals surface area contributed by atoms with E-state index in [-0.39, 0.29) is 0 Å². The molecule has 1 aliphatic rings. The zero-order chi connectivity index (χ0) is 13.9. The average molecular weight is 275 g/mol. The van der Waals surface area contributed by atoms with E-state index < -0.39 is 0 Å². The molecule has 0 spiro atoms. The third-order valence-corrected chi connectivity index (χ3v) is 3.51. The Morgan fingerprint density at radius 2 is 2.45 bits per heavy atom. The first kappa shape index (κ1) is 13.3. The lowest BCUT2D eigenvalue weighted by Crippen LogP contribution is -2.45. The van der Waals surface area contributed by atoms with Crippen molar-refractivity contribution in [3.05, 3.63) is 24.2 Å². The van der Waals surface area contributed by atoms with Crippen molar-refractivity contribution in [3.63, 3.8) is 0 Å². The molecular formula is C14H21N5O. The Kier molecular flexibility index (Phi) is 3.84. The molecule has 1 atom stereocenters. The van der Waals surface area contributed by atoms with Crippen molar-refractivity contribution < 1.29 is 4.74 Å². The number of anilines is 1. The van der Waals surface area contributed by atoms with Gasteiger partial charge in [0, 0.05) is 31.5 Å². The van der Waals surface area contributed by atoms with Gasteiger partial charge in [-0.2, -0.15) is 5.10 Å². The normalized spacial score (nSPS) is 19.6. The maximum absolute atomic E-state index is 5.45. The Morgan fingerprint density at radius 1 is 1.55 bits per heavy atom. The number of hydrogen-bond acceptors (Lipinski definition) is 5. The molecule has 0 saturated carbocycles. The van der Waals surface area contributed by atoms with Gasteiger partial charge in [0.15, 0.2) is 5.82 Å². The van der Waals surface area contributed by atoms with E-state index in [4.69, 9.17) is 4.74 Å². The van der Waals surface area contributed by atoms with Gasteiger partial charge in [0.25, 0.3) is 0 Å². The molecule has 2 N–H and O–H groups in total. The van der Waals surface area contributed by atoms with Crippen molar-refractivity contribution >= 4 is 11.3 Å². The van der Waals surface area contributed by atoms with Crippen LogP contribution in [0.5, 0.6) is 0 Å². The summed E-state index contributed by atoms with van der Waals surface area (Å²) in [5, 5.41) is 11.4. The smallest absolute Gasteiger partial charge is 0.152 e. The molecular weight excluding hydrogens is 254 g/mol. The molecule has 2 aromatic rings. The fourth-order valence-electron chi connectivity index (χ4n) is 2.33. The molecule has 1 aliphatic heterocycles. The van der Waals surface area contributed by atoms with Crippen LogP contribution in [0, 0.1) is 0 Å². The maximum Gasteiger partial charge on any atom is 0.152 e. The fraction of sp³-hybridized carbons (Fsp3) is 0.571. The van der Waals surface area contributed by atoms with Gasteiger partial charge in [-0.25, -0.2) is 9.50 Å². The molecule has 20 heavy (non-hydrogen) atoms. The Bertz CT molecular complexity index is 574. The van der Waals surface area contributed by atoms with Crippen LogP contribution in [0.4, 0.5) is 5.82 Å². The lowest BCUT2D eigenvalue weighted by molar-refractivity contribution is 0.0806. The van der Waals surface area contributed by atoms with Crippen LogP contribution in [0.3, 0.4) is 0 Å². The number of nitrogens with one attached hydrogen (secondary N) is 2. The molecule has 0 radical (unpaired) electrons. The van der Waals surface area contributed by atoms with Gasteiger partial charge in [-0.15, -0.1) is 0 Å². The zero-order valence-corrected chi connectivity index (χ0v) is 12.0. The molecule has 0 amide bonds. The second-order valence-electron chi connectivity index (χ2n) is 5.44. The summed E-state index contributed by atoms with van der Waals surface area (Å²) in [6.07, 6.45) is 3.66. The van der Waals surface area contributed by atoms with Crippen LogP contribution in [0.2, 0.25) is 0 Å². The van der Waals surface area contributed by atoms with E-state index in [2.05, 4.69) is 40.6 Å². The lowest BCUT2D eigenvalue weighted by Gasteiger charge is -2.24. The van der Waals surface area contributed by atoms with E-state index in [1.807, 2.05) is 10.7 Å². The van der Waals surface area contributed by atoms with Crippen LogP contribution in [-0.4, -0.2) is 46.9 Å². The third-order valence-electron chi connectivity index (χ3n) is 3.51. The number of hydrogen-bond donors (Lipinski definition) is 2. The van der Waals surface area contributed by atoms with Gasteiger partial charge in [-0.05, 0) is 12.0 Å². The topological polar surface area (TPSA) is 63.5 Å². The molecule has 3 rings (SSSR count). The van der Waals surface area contributed by atoms with Crippen molar-refractivity contribution in [1.29, 1.82) is 0 Å². The molecule has 0 bridgehead atoms. The Morgan fingerprint density at radius 3 is 3.20 bits per heavy atom. The standard InChI is InChI=1S/C14H21N5O/c1-10(2)12-7-13-14(16-3-5-19(13)18-12)17-8-11-9-20-6-4-15-11/h3,5,7,10-11,15H,4,6,8-9H2,1-2H3,(H,16,17). The number of fused-ring (bicyclic) bond motifs is 1. The molecule has 6 heteroatoms. The number of rotatable bonds is 4. The molecule has 3 heterocycles. The highest BCUT2D eigenvalue weighted by atomic mass is 16.5. The van der Waals surface area contributed by atoms with Crippen molar-refractivity contribution in [2.24, 2.45) is 0 Å². The van der Waals surface area contributed by atoms with Crippen LogP contribution < -0.4 is 10.6 Å². The highest BCUT2D eigenvalue weighted by Gasteiger charge is 2.14. The SMILES string of the molecule is CC(C)c1cc2c(NCC3COCCN3)nccn2n1. The maximum atomic E-state index is 5.45. The Balaban J connectivity index is 1.76. The summed E-state index contributed by atoms with van der Waals surface area (Å²) in [5.74, 6) is 1.29. The second-order valence-corrected chi connectivity index (χ2v) is 5.44. The van der Waals surface area contributed by atoms with E-state index >= 15 is 0 Å². The van der Waals surface area contributed by atoms with Crippen molar-refractivity contribution in [2.45, 2.75) is 25.8 Å². The second kappa shape index (κ2) is 5.76. The molecule has 6 nitrogen and oxygen atoms in total. The van der Waals surface area contributed by atoms with Crippen LogP contribution in [0.25, 0.3) is 5.52 Å². The minimum atomic E-state index is 0.332. The zero-order valence-electron chi connectivity index (χ0n) is 12.0. The highest BCUT2D eigenvalue weighted by molar-refractivity contribution is 5.67. The van der Waals surface area contributed by atoms with E-state index in [0.29, 0.717) is 12.0 Å². The first-order valence-corrected chi connectivity index (χ1v) is 7.13. The quantitative estimate of drug-likeness (QED) is 0.879. The number of aromatic nitrogens is 3. The van der Waals surface area contributed by atoms with E-state index in [9.17, 15) is 0 Å². The molecule has 0 aliphatic carbocycles. The third kappa shape index (κ3) is 2.76. The lowest BCUT2D eigenvalue weighted by atomic mass is 10.1. The Hall–Kier alpha value is -1.66. The number of ether oxygens (including phenoxy) is 1. The summed E-state index contributed by atoms with van der Waals surface area (Å²) in [6.45, 7) is 7.54. The first-order chi connectivity index (χ1) is 9.74. The average Bonchev–Trinajstić information content (AvgIpc) is 2.91. The molecule has 1 saturated heterocycles. The molecule has 0 aromatic carbocycles. The van der Waals surface area contributed by atoms with E-state index in [0.717, 1.165) is 43.3 Å². The monoisotopic (exact) mass is 275 g/mol. The largest absolute Gasteiger partial charge is 0.378 e. The van der Waals surface area contributed by atoms with Gasteiger partial charge in [0.05, 0.1) is 18.9 Å². The van der Waals surface area contributed by atoms with E-state index in [1.54, 1.807) is 6.20 Å². The number of morpholine rings is 1. The molecule has 108 valence electrons. The fourth-order valence-corrected chi connectivity index (χ4v) is 2.33. The van der Waals surface area contributed by atoms with Gasteiger partial charge in [0.2, 0.25) is 0 Å². The van der Waals surface area contributed by atoms with Crippen molar-refractivity contribution in [2.75, 3.05) is 31.6 Å². The first-order valence-electron chi connectivity index (χ1n) is 7.13. The van der Waals surface area contributed by atoms with Crippen molar-refractivity contribution in [1.82, 2.24) is 19.9 Å². The highest BCUT2D eigenvalue weighted by Crippen LogP contribution is 2.19. The van der Waals surface area contributed by atoms with Crippen LogP contribution in [-0.2, 0) is 4.74 Å². The summed E-state index contributed by atoms with van der Waals surface area (Å²) < 4.78 is 7.34. The van der Waals surface area contributed by atoms with Gasteiger partial charge in [-0.1, -0.05) is 13.8 Å². The minimum absolute atomic E-state index is 0.332. The molecule has 1 fully saturated rings. The van der Waals surface area contributed by atoms with Crippen molar-refractivity contribution in [3.8, 4) is 0 Å². The predicted molar refractivity (Wildman–Crippen MR) is 78.2 cm³/mol. The summed E-state index contributed by atoms with van der Waals surface area (Å²) >= 11 is 0. The summed E-state index contributed by atoms with van der Waals surface area (Å²) in [4.78, 5) is 4.42. The summed E-state index contributed by atoms with van der Waals surface area (Å²) in [5.41, 5.74) is 2.10. The predicted octanol–water partition coefficient (Wildman–Crippen LogP) is 1.25. The summed E-state index contributed by atoms with van der Waals surface area (Å²) in [6, 6.07) is 2.43. The van der Waals surface area contributed by atoms with E-state index in [1.165, 1.54) is 0 Å². The van der Waals surface area contributed by atoms with Gasteiger partial charge >= 0.3 is 0 Å². The van der Waals surface area contributed by atoms with Crippen LogP contribution >= 0.6 is 0 Å². The molecule has 2 aromatic heterocycles. The molecule has 1 unspecified atom stereocenters. The van der Waals surface area contributed by atoms with Gasteiger partial charge in [0.1, 0.15) is 5.52 Å². The Labute approximate surface area is 118 Å². The minimum Gasteiger partial charge on any atom is -0.378 e. The number of nitrogens with zero attached hydrogens (tertiary/aromatic N) is 3.